The molecule has 0 rings (SSSR count). The molecule has 0 spiro atoms. The molecule has 0 saturated carbocycles. The Balaban J connectivity index is 3.84. The van der Waals surface area contributed by atoms with Crippen molar-refractivity contribution in [2.45, 2.75) is 71.5 Å². The number of nitrogens with zero attached hydrogens (tertiary/aromatic N) is 1. The Morgan fingerprint density at radius 3 is 1.71 bits per heavy atom. The summed E-state index contributed by atoms with van der Waals surface area (Å²) >= 11 is 0. The van der Waals surface area contributed by atoms with Crippen LogP contribution in [-0.2, 0) is 0 Å². The molecule has 0 aromatic rings. The van der Waals surface area contributed by atoms with Gasteiger partial charge in [0, 0.05) is 8.07 Å². The normalized spacial score (nSPS) is 14.1. The van der Waals surface area contributed by atoms with Crippen LogP contribution in [0.3, 0.4) is 0 Å². The zero-order chi connectivity index (χ0) is 11.4. The molecule has 0 aromatic heterocycles. The predicted octanol–water partition coefficient (Wildman–Crippen LogP) is 2.95. The highest BCUT2D eigenvalue weighted by molar-refractivity contribution is 6.76. The van der Waals surface area contributed by atoms with Crippen LogP contribution in [0.5, 0.6) is 0 Å². The molecule has 0 aliphatic rings. The Morgan fingerprint density at radius 2 is 1.43 bits per heavy atom. The average molecular weight is 232 g/mol. The summed E-state index contributed by atoms with van der Waals surface area (Å²) in [6.45, 7) is 16.8. The molecule has 0 fully saturated rings. The van der Waals surface area contributed by atoms with E-state index in [4.69, 9.17) is 0 Å². The van der Waals surface area contributed by atoms with Crippen LogP contribution in [0.4, 0.5) is 0 Å². The highest BCUT2D eigenvalue weighted by atomic mass is 28.3. The molecule has 0 atom stereocenters. The highest BCUT2D eigenvalue weighted by Crippen LogP contribution is 2.13. The lowest BCUT2D eigenvalue weighted by atomic mass is 10.3. The van der Waals surface area contributed by atoms with Crippen LogP contribution in [0.25, 0.3) is 0 Å². The van der Waals surface area contributed by atoms with Gasteiger partial charge < -0.3 is 4.57 Å². The maximum absolute atomic E-state index is 2.74. The summed E-state index contributed by atoms with van der Waals surface area (Å²) in [4.78, 5) is 0. The molecular weight excluding hydrogens is 202 g/mol. The van der Waals surface area contributed by atoms with Gasteiger partial charge in [-0.25, -0.2) is 0 Å². The topological polar surface area (TPSA) is 3.24 Å². The lowest BCUT2D eigenvalue weighted by molar-refractivity contribution is 0.311. The Morgan fingerprint density at radius 1 is 1.00 bits per heavy atom. The van der Waals surface area contributed by atoms with Crippen molar-refractivity contribution >= 4 is 17.8 Å². The van der Waals surface area contributed by atoms with E-state index < -0.39 is 8.07 Å². The van der Waals surface area contributed by atoms with E-state index in [9.17, 15) is 0 Å². The van der Waals surface area contributed by atoms with Crippen molar-refractivity contribution in [2.75, 3.05) is 0 Å². The van der Waals surface area contributed by atoms with Crippen molar-refractivity contribution < 1.29 is 0 Å². The summed E-state index contributed by atoms with van der Waals surface area (Å²) in [5.74, 6) is 0. The van der Waals surface area contributed by atoms with Crippen LogP contribution < -0.4 is 0 Å². The first kappa shape index (κ1) is 14.4. The summed E-state index contributed by atoms with van der Waals surface area (Å²) in [6, 6.07) is 4.55. The van der Waals surface area contributed by atoms with Gasteiger partial charge in [-0.3, -0.25) is 0 Å². The first-order valence-electron chi connectivity index (χ1n) is 6.00. The van der Waals surface area contributed by atoms with Crippen molar-refractivity contribution in [3.05, 3.63) is 0 Å². The second-order valence-corrected chi connectivity index (χ2v) is 13.6. The monoisotopic (exact) mass is 231 g/mol. The van der Waals surface area contributed by atoms with E-state index in [2.05, 4.69) is 51.9 Å². The van der Waals surface area contributed by atoms with Gasteiger partial charge in [-0.05, 0) is 12.1 Å². The minimum absolute atomic E-state index is 0.0186. The van der Waals surface area contributed by atoms with Crippen LogP contribution in [0.1, 0.15) is 27.7 Å². The van der Waals surface area contributed by atoms with E-state index in [-0.39, 0.29) is 9.68 Å². The molecule has 0 aliphatic heterocycles. The lowest BCUT2D eigenvalue weighted by Gasteiger charge is -2.31. The van der Waals surface area contributed by atoms with Gasteiger partial charge in [0.15, 0.2) is 0 Å². The van der Waals surface area contributed by atoms with Gasteiger partial charge in [0.05, 0.1) is 9.68 Å². The Hall–Kier alpha value is 0.394. The molecule has 3 heteroatoms. The second-order valence-electron chi connectivity index (χ2n) is 6.09. The van der Waals surface area contributed by atoms with Gasteiger partial charge in [0.1, 0.15) is 0 Å². The minimum atomic E-state index is -0.786. The van der Waals surface area contributed by atoms with Gasteiger partial charge in [-0.15, -0.1) is 0 Å². The molecule has 0 bridgehead atoms. The molecule has 0 unspecified atom stereocenters. The minimum Gasteiger partial charge on any atom is -0.325 e. The van der Waals surface area contributed by atoms with E-state index >= 15 is 0 Å². The number of rotatable bonds is 6. The summed E-state index contributed by atoms with van der Waals surface area (Å²) < 4.78 is 2.74. The summed E-state index contributed by atoms with van der Waals surface area (Å²) in [5, 5.41) is 0. The quantitative estimate of drug-likeness (QED) is 0.635. The molecular formula is C11H29NSi2. The zero-order valence-corrected chi connectivity index (χ0v) is 13.6. The fraction of sp³-hybridized carbons (Fsp3) is 1.00. The van der Waals surface area contributed by atoms with E-state index in [1.54, 1.807) is 0 Å². The zero-order valence-electron chi connectivity index (χ0n) is 11.2. The molecule has 0 heterocycles. The van der Waals surface area contributed by atoms with E-state index in [0.717, 1.165) is 12.1 Å². The first-order valence-corrected chi connectivity index (χ1v) is 11.3. The average Bonchev–Trinajstić information content (AvgIpc) is 1.94. The van der Waals surface area contributed by atoms with Crippen LogP contribution >= 0.6 is 0 Å². The van der Waals surface area contributed by atoms with E-state index in [1.165, 1.54) is 12.1 Å². The van der Waals surface area contributed by atoms with Crippen molar-refractivity contribution in [1.29, 1.82) is 0 Å². The third kappa shape index (κ3) is 6.79. The van der Waals surface area contributed by atoms with Crippen molar-refractivity contribution in [2.24, 2.45) is 0 Å². The third-order valence-electron chi connectivity index (χ3n) is 2.67. The van der Waals surface area contributed by atoms with Gasteiger partial charge in [0.25, 0.3) is 0 Å². The fourth-order valence-electron chi connectivity index (χ4n) is 1.90. The fourth-order valence-corrected chi connectivity index (χ4v) is 8.18. The first-order chi connectivity index (χ1) is 6.24. The van der Waals surface area contributed by atoms with Gasteiger partial charge in [-0.1, -0.05) is 59.4 Å². The summed E-state index contributed by atoms with van der Waals surface area (Å²) in [5.41, 5.74) is 0. The molecule has 0 amide bonds. The molecule has 86 valence electrons. The van der Waals surface area contributed by atoms with Crippen molar-refractivity contribution in [3.8, 4) is 0 Å². The standard InChI is InChI=1S/C11H29NSi2/c1-10(2)12(11(3)4)13-8-9-14(5,6)7/h10-11H,8-9,13H2,1-7H3. The molecule has 0 aromatic carbocycles. The Bertz CT molecular complexity index is 142. The largest absolute Gasteiger partial charge is 0.325 e. The Labute approximate surface area is 94.2 Å². The molecule has 0 aliphatic carbocycles. The SMILES string of the molecule is CC(C)N([SiH2]CC[Si](C)(C)C)C(C)C. The van der Waals surface area contributed by atoms with E-state index in [1.807, 2.05) is 0 Å². The smallest absolute Gasteiger partial charge is 0.0953 e. The maximum atomic E-state index is 2.74. The Kier molecular flexibility index (Phi) is 6.25. The van der Waals surface area contributed by atoms with Crippen LogP contribution in [0.2, 0.25) is 31.7 Å². The predicted molar refractivity (Wildman–Crippen MR) is 73.6 cm³/mol. The van der Waals surface area contributed by atoms with Crippen LogP contribution in [-0.4, -0.2) is 34.4 Å². The molecule has 0 radical (unpaired) electrons. The van der Waals surface area contributed by atoms with Gasteiger partial charge in [0.2, 0.25) is 0 Å². The molecule has 0 saturated heterocycles. The summed E-state index contributed by atoms with van der Waals surface area (Å²) in [7, 11) is -0.767. The summed E-state index contributed by atoms with van der Waals surface area (Å²) in [6.07, 6.45) is 0. The highest BCUT2D eigenvalue weighted by Gasteiger charge is 2.16. The van der Waals surface area contributed by atoms with Crippen molar-refractivity contribution in [3.63, 3.8) is 0 Å². The van der Waals surface area contributed by atoms with E-state index in [0.29, 0.717) is 0 Å². The van der Waals surface area contributed by atoms with Crippen molar-refractivity contribution in [1.82, 2.24) is 4.57 Å². The van der Waals surface area contributed by atoms with Crippen LogP contribution in [0.15, 0.2) is 0 Å². The number of hydrogen-bond donors (Lipinski definition) is 0. The lowest BCUT2D eigenvalue weighted by Crippen LogP contribution is -2.40. The third-order valence-corrected chi connectivity index (χ3v) is 7.88. The molecule has 0 N–H and O–H groups in total. The molecule has 14 heavy (non-hydrogen) atoms. The number of hydrogen-bond acceptors (Lipinski definition) is 1. The van der Waals surface area contributed by atoms with Crippen LogP contribution in [0, 0.1) is 0 Å². The van der Waals surface area contributed by atoms with Gasteiger partial charge in [-0.2, -0.15) is 0 Å². The molecule has 1 nitrogen and oxygen atoms in total. The maximum Gasteiger partial charge on any atom is 0.0953 e. The second kappa shape index (κ2) is 6.08. The van der Waals surface area contributed by atoms with Gasteiger partial charge >= 0.3 is 0 Å².